The van der Waals surface area contributed by atoms with E-state index >= 15 is 0 Å². The first kappa shape index (κ1) is 14.3. The molecule has 0 radical (unpaired) electrons. The maximum atomic E-state index is 12.0. The number of carbonyl (C=O) groups is 2. The molecule has 0 bridgehead atoms. The summed E-state index contributed by atoms with van der Waals surface area (Å²) in [6, 6.07) is -0.333. The van der Waals surface area contributed by atoms with Crippen molar-refractivity contribution in [3.63, 3.8) is 0 Å². The highest BCUT2D eigenvalue weighted by Gasteiger charge is 2.32. The van der Waals surface area contributed by atoms with Crippen LogP contribution in [0.4, 0.5) is 4.79 Å². The Kier molecular flexibility index (Phi) is 4.21. The molecule has 1 aromatic rings. The Labute approximate surface area is 116 Å². The number of carbonyl (C=O) groups excluding carboxylic acids is 1. The molecule has 0 saturated carbocycles. The van der Waals surface area contributed by atoms with E-state index in [9.17, 15) is 9.59 Å². The third kappa shape index (κ3) is 3.25. The molecule has 1 aliphatic rings. The molecular weight excluding hydrogens is 264 g/mol. The maximum absolute atomic E-state index is 12.0. The van der Waals surface area contributed by atoms with Crippen LogP contribution in [-0.4, -0.2) is 44.7 Å². The molecule has 0 aromatic carbocycles. The van der Waals surface area contributed by atoms with E-state index in [0.29, 0.717) is 31.1 Å². The molecule has 8 nitrogen and oxygen atoms in total. The number of urea groups is 1. The van der Waals surface area contributed by atoms with Gasteiger partial charge in [0.15, 0.2) is 5.82 Å². The molecule has 1 fully saturated rings. The Morgan fingerprint density at radius 1 is 1.55 bits per heavy atom. The van der Waals surface area contributed by atoms with E-state index in [2.05, 4.69) is 15.5 Å². The summed E-state index contributed by atoms with van der Waals surface area (Å²) in [7, 11) is 0. The third-order valence-corrected chi connectivity index (χ3v) is 3.45. The lowest BCUT2D eigenvalue weighted by Gasteiger charge is -2.36. The van der Waals surface area contributed by atoms with Crippen molar-refractivity contribution in [1.82, 2.24) is 20.4 Å². The summed E-state index contributed by atoms with van der Waals surface area (Å²) in [5.74, 6) is -0.290. The number of hydrogen-bond acceptors (Lipinski definition) is 5. The fourth-order valence-electron chi connectivity index (χ4n) is 2.37. The van der Waals surface area contributed by atoms with E-state index in [1.165, 1.54) is 0 Å². The number of carboxylic acid groups (broad SMARTS) is 1. The van der Waals surface area contributed by atoms with Crippen molar-refractivity contribution < 1.29 is 19.2 Å². The number of nitrogens with zero attached hydrogens (tertiary/aromatic N) is 3. The van der Waals surface area contributed by atoms with E-state index in [1.807, 2.05) is 6.92 Å². The van der Waals surface area contributed by atoms with Crippen molar-refractivity contribution in [1.29, 1.82) is 0 Å². The van der Waals surface area contributed by atoms with E-state index < -0.39 is 5.97 Å². The summed E-state index contributed by atoms with van der Waals surface area (Å²) in [6.07, 6.45) is 0.957. The monoisotopic (exact) mass is 282 g/mol. The molecule has 110 valence electrons. The van der Waals surface area contributed by atoms with E-state index in [4.69, 9.17) is 9.63 Å². The average Bonchev–Trinajstić information content (AvgIpc) is 2.81. The van der Waals surface area contributed by atoms with Gasteiger partial charge in [0.05, 0.1) is 12.5 Å². The second kappa shape index (κ2) is 5.89. The molecular formula is C12H18N4O4. The molecule has 0 spiro atoms. The van der Waals surface area contributed by atoms with Crippen LogP contribution in [0.2, 0.25) is 0 Å². The van der Waals surface area contributed by atoms with Crippen LogP contribution in [0, 0.1) is 12.8 Å². The van der Waals surface area contributed by atoms with Crippen LogP contribution in [0.15, 0.2) is 4.52 Å². The molecule has 2 atom stereocenters. The SMILES string of the molecule is Cc1nc(CNC(=O)N2CCC(C(=O)O)CC2C)no1. The van der Waals surface area contributed by atoms with Crippen molar-refractivity contribution in [2.75, 3.05) is 6.54 Å². The summed E-state index contributed by atoms with van der Waals surface area (Å²) in [6.45, 7) is 4.17. The normalized spacial score (nSPS) is 22.6. The fraction of sp³-hybridized carbons (Fsp3) is 0.667. The highest BCUT2D eigenvalue weighted by Crippen LogP contribution is 2.22. The van der Waals surface area contributed by atoms with Crippen molar-refractivity contribution >= 4 is 12.0 Å². The Morgan fingerprint density at radius 3 is 2.85 bits per heavy atom. The molecule has 2 heterocycles. The highest BCUT2D eigenvalue weighted by atomic mass is 16.5. The molecule has 2 rings (SSSR count). The molecule has 2 amide bonds. The van der Waals surface area contributed by atoms with Crippen molar-refractivity contribution in [3.8, 4) is 0 Å². The van der Waals surface area contributed by atoms with Gasteiger partial charge in [0, 0.05) is 19.5 Å². The van der Waals surface area contributed by atoms with E-state index in [0.717, 1.165) is 0 Å². The van der Waals surface area contributed by atoms with Crippen LogP contribution in [0.25, 0.3) is 0 Å². The minimum Gasteiger partial charge on any atom is -0.481 e. The summed E-state index contributed by atoms with van der Waals surface area (Å²) < 4.78 is 4.81. The average molecular weight is 282 g/mol. The standard InChI is InChI=1S/C12H18N4O4/c1-7-5-9(11(17)18)3-4-16(7)12(19)13-6-10-14-8(2)20-15-10/h7,9H,3-6H2,1-2H3,(H,13,19)(H,17,18). The zero-order valence-electron chi connectivity index (χ0n) is 11.5. The molecule has 2 N–H and O–H groups in total. The van der Waals surface area contributed by atoms with Crippen LogP contribution >= 0.6 is 0 Å². The van der Waals surface area contributed by atoms with Crippen molar-refractivity contribution in [3.05, 3.63) is 11.7 Å². The molecule has 1 aromatic heterocycles. The van der Waals surface area contributed by atoms with Gasteiger partial charge in [-0.3, -0.25) is 4.79 Å². The number of nitrogens with one attached hydrogen (secondary N) is 1. The minimum absolute atomic E-state index is 0.100. The zero-order valence-corrected chi connectivity index (χ0v) is 11.5. The number of likely N-dealkylation sites (tertiary alicyclic amines) is 1. The number of aliphatic carboxylic acids is 1. The van der Waals surface area contributed by atoms with Gasteiger partial charge in [-0.25, -0.2) is 4.79 Å². The van der Waals surface area contributed by atoms with Gasteiger partial charge in [-0.1, -0.05) is 5.16 Å². The van der Waals surface area contributed by atoms with Crippen molar-refractivity contribution in [2.45, 2.75) is 39.3 Å². The van der Waals surface area contributed by atoms with Crippen LogP contribution in [0.3, 0.4) is 0 Å². The van der Waals surface area contributed by atoms with Gasteiger partial charge in [-0.05, 0) is 19.8 Å². The van der Waals surface area contributed by atoms with Gasteiger partial charge in [0.2, 0.25) is 5.89 Å². The predicted molar refractivity (Wildman–Crippen MR) is 67.8 cm³/mol. The summed E-state index contributed by atoms with van der Waals surface area (Å²) in [5, 5.41) is 15.4. The lowest BCUT2D eigenvalue weighted by Crippen LogP contribution is -2.50. The quantitative estimate of drug-likeness (QED) is 0.847. The van der Waals surface area contributed by atoms with E-state index in [-0.39, 0.29) is 24.5 Å². The Morgan fingerprint density at radius 2 is 2.30 bits per heavy atom. The number of rotatable bonds is 3. The predicted octanol–water partition coefficient (Wildman–Crippen LogP) is 0.773. The lowest BCUT2D eigenvalue weighted by molar-refractivity contribution is -0.143. The maximum Gasteiger partial charge on any atom is 0.318 e. The third-order valence-electron chi connectivity index (χ3n) is 3.45. The van der Waals surface area contributed by atoms with Crippen LogP contribution in [0.1, 0.15) is 31.5 Å². The number of piperidine rings is 1. The first-order valence-corrected chi connectivity index (χ1v) is 6.54. The Balaban J connectivity index is 1.85. The molecule has 0 aliphatic carbocycles. The second-order valence-corrected chi connectivity index (χ2v) is 4.99. The molecule has 20 heavy (non-hydrogen) atoms. The first-order chi connectivity index (χ1) is 9.47. The van der Waals surface area contributed by atoms with Crippen LogP contribution in [0.5, 0.6) is 0 Å². The summed E-state index contributed by atoms with van der Waals surface area (Å²) in [4.78, 5) is 28.6. The Hall–Kier alpha value is -2.12. The van der Waals surface area contributed by atoms with Gasteiger partial charge in [-0.2, -0.15) is 4.98 Å². The first-order valence-electron chi connectivity index (χ1n) is 6.54. The largest absolute Gasteiger partial charge is 0.481 e. The number of carboxylic acids is 1. The second-order valence-electron chi connectivity index (χ2n) is 4.99. The van der Waals surface area contributed by atoms with Gasteiger partial charge in [0.25, 0.3) is 0 Å². The van der Waals surface area contributed by atoms with Gasteiger partial charge >= 0.3 is 12.0 Å². The van der Waals surface area contributed by atoms with E-state index in [1.54, 1.807) is 11.8 Å². The van der Waals surface area contributed by atoms with Gasteiger partial charge < -0.3 is 19.8 Å². The van der Waals surface area contributed by atoms with Gasteiger partial charge in [-0.15, -0.1) is 0 Å². The van der Waals surface area contributed by atoms with Crippen LogP contribution in [-0.2, 0) is 11.3 Å². The Bertz CT molecular complexity index is 501. The zero-order chi connectivity index (χ0) is 14.7. The topological polar surface area (TPSA) is 109 Å². The molecule has 1 saturated heterocycles. The highest BCUT2D eigenvalue weighted by molar-refractivity contribution is 5.75. The molecule has 1 aliphatic heterocycles. The van der Waals surface area contributed by atoms with Crippen LogP contribution < -0.4 is 5.32 Å². The number of aryl methyl sites for hydroxylation is 1. The fourth-order valence-corrected chi connectivity index (χ4v) is 2.37. The molecule has 2 unspecified atom stereocenters. The smallest absolute Gasteiger partial charge is 0.318 e. The summed E-state index contributed by atoms with van der Waals surface area (Å²) in [5.41, 5.74) is 0. The lowest BCUT2D eigenvalue weighted by atomic mass is 9.92. The van der Waals surface area contributed by atoms with Crippen molar-refractivity contribution in [2.24, 2.45) is 5.92 Å². The number of hydrogen-bond donors (Lipinski definition) is 2. The summed E-state index contributed by atoms with van der Waals surface area (Å²) >= 11 is 0. The minimum atomic E-state index is -0.792. The number of amides is 2. The molecule has 8 heteroatoms. The number of aromatic nitrogens is 2. The van der Waals surface area contributed by atoms with Gasteiger partial charge in [0.1, 0.15) is 0 Å².